The van der Waals surface area contributed by atoms with Gasteiger partial charge >= 0.3 is 5.97 Å². The summed E-state index contributed by atoms with van der Waals surface area (Å²) in [6, 6.07) is 7.28. The smallest absolute Gasteiger partial charge is 0.309 e. The van der Waals surface area contributed by atoms with Gasteiger partial charge in [0.1, 0.15) is 5.69 Å². The van der Waals surface area contributed by atoms with Gasteiger partial charge in [-0.1, -0.05) is 12.1 Å². The predicted molar refractivity (Wildman–Crippen MR) is 77.9 cm³/mol. The highest BCUT2D eigenvalue weighted by molar-refractivity contribution is 5.93. The fourth-order valence-electron chi connectivity index (χ4n) is 1.75. The molecule has 1 amide bonds. The topological polar surface area (TPSA) is 92.2 Å². The number of carbonyl (C=O) groups excluding carboxylic acids is 1. The van der Waals surface area contributed by atoms with Crippen molar-refractivity contribution in [2.75, 3.05) is 6.54 Å². The minimum Gasteiger partial charge on any atom is -0.481 e. The lowest BCUT2D eigenvalue weighted by molar-refractivity contribution is -0.147. The molecule has 0 unspecified atom stereocenters. The van der Waals surface area contributed by atoms with Gasteiger partial charge in [-0.15, -0.1) is 0 Å². The minimum atomic E-state index is -0.887. The number of aliphatic carboxylic acids is 1. The maximum absolute atomic E-state index is 12.0. The lowest BCUT2D eigenvalue weighted by atomic mass is 9.90. The molecule has 0 bridgehead atoms. The molecule has 0 aliphatic rings. The first-order chi connectivity index (χ1) is 9.90. The Morgan fingerprint density at radius 1 is 1.24 bits per heavy atom. The molecule has 1 heterocycles. The first-order valence-corrected chi connectivity index (χ1v) is 6.63. The van der Waals surface area contributed by atoms with E-state index in [0.717, 1.165) is 5.52 Å². The molecular formula is C15H17N3O3. The van der Waals surface area contributed by atoms with Crippen LogP contribution in [0.4, 0.5) is 0 Å². The van der Waals surface area contributed by atoms with Crippen LogP contribution >= 0.6 is 0 Å². The Morgan fingerprint density at radius 2 is 1.90 bits per heavy atom. The van der Waals surface area contributed by atoms with Crippen molar-refractivity contribution >= 4 is 22.9 Å². The van der Waals surface area contributed by atoms with Gasteiger partial charge in [0.2, 0.25) is 0 Å². The van der Waals surface area contributed by atoms with Crippen molar-refractivity contribution in [1.29, 1.82) is 0 Å². The molecular weight excluding hydrogens is 270 g/mol. The third kappa shape index (κ3) is 3.53. The molecule has 0 aliphatic carbocycles. The van der Waals surface area contributed by atoms with E-state index in [1.54, 1.807) is 19.9 Å². The van der Waals surface area contributed by atoms with Crippen molar-refractivity contribution in [3.63, 3.8) is 0 Å². The third-order valence-corrected chi connectivity index (χ3v) is 3.30. The van der Waals surface area contributed by atoms with Crippen molar-refractivity contribution in [2.24, 2.45) is 5.41 Å². The van der Waals surface area contributed by atoms with E-state index in [-0.39, 0.29) is 18.1 Å². The van der Waals surface area contributed by atoms with Crippen LogP contribution in [0, 0.1) is 5.41 Å². The average Bonchev–Trinajstić information content (AvgIpc) is 2.46. The number of nitrogens with zero attached hydrogens (tertiary/aromatic N) is 2. The van der Waals surface area contributed by atoms with E-state index < -0.39 is 11.4 Å². The molecule has 0 fully saturated rings. The maximum atomic E-state index is 12.0. The molecule has 1 aromatic carbocycles. The van der Waals surface area contributed by atoms with E-state index in [0.29, 0.717) is 11.9 Å². The van der Waals surface area contributed by atoms with Gasteiger partial charge in [-0.05, 0) is 32.4 Å². The summed E-state index contributed by atoms with van der Waals surface area (Å²) in [4.78, 5) is 31.4. The second kappa shape index (κ2) is 5.87. The number of nitrogens with one attached hydrogen (secondary N) is 1. The normalized spacial score (nSPS) is 11.3. The summed E-state index contributed by atoms with van der Waals surface area (Å²) in [6.45, 7) is 3.52. The van der Waals surface area contributed by atoms with Gasteiger partial charge in [0.25, 0.3) is 5.91 Å². The largest absolute Gasteiger partial charge is 0.481 e. The number of fused-ring (bicyclic) bond motifs is 1. The van der Waals surface area contributed by atoms with Gasteiger partial charge in [0.15, 0.2) is 0 Å². The van der Waals surface area contributed by atoms with Crippen LogP contribution in [0.3, 0.4) is 0 Å². The number of hydrogen-bond acceptors (Lipinski definition) is 4. The molecule has 0 saturated heterocycles. The van der Waals surface area contributed by atoms with Crippen LogP contribution in [0.15, 0.2) is 30.5 Å². The zero-order valence-corrected chi connectivity index (χ0v) is 12.0. The monoisotopic (exact) mass is 287 g/mol. The zero-order chi connectivity index (χ0) is 15.5. The molecule has 0 saturated carbocycles. The highest BCUT2D eigenvalue weighted by Gasteiger charge is 2.26. The van der Waals surface area contributed by atoms with Crippen LogP contribution in [-0.2, 0) is 4.79 Å². The molecule has 6 nitrogen and oxygen atoms in total. The molecule has 0 spiro atoms. The molecule has 0 atom stereocenters. The second-order valence-corrected chi connectivity index (χ2v) is 5.44. The van der Waals surface area contributed by atoms with E-state index in [9.17, 15) is 9.59 Å². The Hall–Kier alpha value is -2.50. The van der Waals surface area contributed by atoms with Gasteiger partial charge in [-0.2, -0.15) is 0 Å². The van der Waals surface area contributed by atoms with Gasteiger partial charge < -0.3 is 10.4 Å². The summed E-state index contributed by atoms with van der Waals surface area (Å²) in [5.74, 6) is -1.24. The summed E-state index contributed by atoms with van der Waals surface area (Å²) >= 11 is 0. The highest BCUT2D eigenvalue weighted by Crippen LogP contribution is 2.19. The van der Waals surface area contributed by atoms with Crippen molar-refractivity contribution < 1.29 is 14.7 Å². The van der Waals surface area contributed by atoms with Crippen LogP contribution in [0.2, 0.25) is 0 Å². The lowest BCUT2D eigenvalue weighted by Crippen LogP contribution is -2.32. The number of carbonyl (C=O) groups is 2. The van der Waals surface area contributed by atoms with Crippen LogP contribution in [0.25, 0.3) is 11.0 Å². The Balaban J connectivity index is 2.01. The van der Waals surface area contributed by atoms with E-state index in [1.807, 2.05) is 18.2 Å². The van der Waals surface area contributed by atoms with Gasteiger partial charge in [0, 0.05) is 6.54 Å². The third-order valence-electron chi connectivity index (χ3n) is 3.30. The molecule has 2 N–H and O–H groups in total. The summed E-state index contributed by atoms with van der Waals surface area (Å²) < 4.78 is 0. The fourth-order valence-corrected chi connectivity index (χ4v) is 1.75. The van der Waals surface area contributed by atoms with Gasteiger partial charge in [-0.25, -0.2) is 4.98 Å². The highest BCUT2D eigenvalue weighted by atomic mass is 16.4. The Bertz CT molecular complexity index is 683. The Kier molecular flexibility index (Phi) is 4.16. The van der Waals surface area contributed by atoms with E-state index in [2.05, 4.69) is 15.3 Å². The second-order valence-electron chi connectivity index (χ2n) is 5.44. The van der Waals surface area contributed by atoms with Crippen molar-refractivity contribution in [1.82, 2.24) is 15.3 Å². The summed E-state index contributed by atoms with van der Waals surface area (Å²) in [5.41, 5.74) is 0.724. The predicted octanol–water partition coefficient (Wildman–Crippen LogP) is 1.86. The number of para-hydroxylation sites is 2. The molecule has 2 aromatic rings. The van der Waals surface area contributed by atoms with E-state index >= 15 is 0 Å². The summed E-state index contributed by atoms with van der Waals surface area (Å²) in [5, 5.41) is 11.7. The fraction of sp³-hybridized carbons (Fsp3) is 0.333. The van der Waals surface area contributed by atoms with Crippen LogP contribution < -0.4 is 5.32 Å². The van der Waals surface area contributed by atoms with Crippen LogP contribution in [0.5, 0.6) is 0 Å². The number of hydrogen-bond donors (Lipinski definition) is 2. The van der Waals surface area contributed by atoms with Crippen LogP contribution in [-0.4, -0.2) is 33.5 Å². The maximum Gasteiger partial charge on any atom is 0.309 e. The lowest BCUT2D eigenvalue weighted by Gasteiger charge is -2.18. The number of rotatable bonds is 5. The number of amides is 1. The number of aromatic nitrogens is 2. The molecule has 2 rings (SSSR count). The quantitative estimate of drug-likeness (QED) is 0.875. The standard InChI is InChI=1S/C15H17N3O3/c1-15(2,14(20)21)7-8-16-13(19)12-9-17-10-5-3-4-6-11(10)18-12/h3-6,9H,7-8H2,1-2H3,(H,16,19)(H,20,21). The Labute approximate surface area is 122 Å². The van der Waals surface area contributed by atoms with E-state index in [1.165, 1.54) is 6.20 Å². The average molecular weight is 287 g/mol. The van der Waals surface area contributed by atoms with Crippen LogP contribution in [0.1, 0.15) is 30.8 Å². The molecule has 110 valence electrons. The minimum absolute atomic E-state index is 0.224. The Morgan fingerprint density at radius 3 is 2.57 bits per heavy atom. The molecule has 0 aliphatic heterocycles. The number of carboxylic acids is 1. The molecule has 21 heavy (non-hydrogen) atoms. The molecule has 1 aromatic heterocycles. The van der Waals surface area contributed by atoms with Gasteiger partial charge in [-0.3, -0.25) is 14.6 Å². The van der Waals surface area contributed by atoms with Crippen molar-refractivity contribution in [3.8, 4) is 0 Å². The SMILES string of the molecule is CC(C)(CCNC(=O)c1cnc2ccccc2n1)C(=O)O. The number of benzene rings is 1. The molecule has 0 radical (unpaired) electrons. The van der Waals surface area contributed by atoms with Crippen molar-refractivity contribution in [3.05, 3.63) is 36.2 Å². The number of carboxylic acid groups (broad SMARTS) is 1. The first-order valence-electron chi connectivity index (χ1n) is 6.63. The molecule has 6 heteroatoms. The summed E-state index contributed by atoms with van der Waals surface area (Å²) in [7, 11) is 0. The van der Waals surface area contributed by atoms with E-state index in [4.69, 9.17) is 5.11 Å². The first kappa shape index (κ1) is 14.9. The summed E-state index contributed by atoms with van der Waals surface area (Å²) in [6.07, 6.45) is 1.76. The zero-order valence-electron chi connectivity index (χ0n) is 12.0. The van der Waals surface area contributed by atoms with Gasteiger partial charge in [0.05, 0.1) is 22.6 Å². The van der Waals surface area contributed by atoms with Crippen molar-refractivity contribution in [2.45, 2.75) is 20.3 Å².